The molecular formula is C16H22N2O4. The lowest BCUT2D eigenvalue weighted by Crippen LogP contribution is -2.39. The summed E-state index contributed by atoms with van der Waals surface area (Å²) in [5.74, 6) is -0.931. The van der Waals surface area contributed by atoms with Crippen LogP contribution in [0.4, 0.5) is 5.69 Å². The van der Waals surface area contributed by atoms with E-state index in [1.807, 2.05) is 0 Å². The quantitative estimate of drug-likeness (QED) is 0.815. The average Bonchev–Trinajstić information content (AvgIpc) is 2.44. The molecule has 0 bridgehead atoms. The molecule has 1 aromatic rings. The van der Waals surface area contributed by atoms with Gasteiger partial charge in [-0.1, -0.05) is 20.8 Å². The molecule has 0 fully saturated rings. The Labute approximate surface area is 130 Å². The third-order valence-corrected chi connectivity index (χ3v) is 2.77. The minimum Gasteiger partial charge on any atom is -0.462 e. The molecule has 1 aromatic carbocycles. The number of hydrogen-bond acceptors (Lipinski definition) is 4. The Morgan fingerprint density at radius 2 is 1.68 bits per heavy atom. The lowest BCUT2D eigenvalue weighted by Gasteiger charge is -2.17. The van der Waals surface area contributed by atoms with Crippen molar-refractivity contribution in [2.24, 2.45) is 5.41 Å². The molecule has 0 radical (unpaired) electrons. The third kappa shape index (κ3) is 5.55. The van der Waals surface area contributed by atoms with Crippen molar-refractivity contribution in [2.45, 2.75) is 27.7 Å². The first-order valence-corrected chi connectivity index (χ1v) is 7.09. The topological polar surface area (TPSA) is 84.5 Å². The van der Waals surface area contributed by atoms with Crippen LogP contribution in [0.3, 0.4) is 0 Å². The van der Waals surface area contributed by atoms with Crippen molar-refractivity contribution in [1.82, 2.24) is 5.32 Å². The number of carbonyl (C=O) groups excluding carboxylic acids is 3. The Morgan fingerprint density at radius 1 is 1.09 bits per heavy atom. The summed E-state index contributed by atoms with van der Waals surface area (Å²) in [6.07, 6.45) is 0. The van der Waals surface area contributed by atoms with E-state index in [2.05, 4.69) is 10.6 Å². The number of nitrogens with one attached hydrogen (secondary N) is 2. The number of amides is 2. The van der Waals surface area contributed by atoms with Crippen LogP contribution in [0.1, 0.15) is 38.1 Å². The molecule has 120 valence electrons. The summed E-state index contributed by atoms with van der Waals surface area (Å²) >= 11 is 0. The van der Waals surface area contributed by atoms with Crippen LogP contribution in [0.15, 0.2) is 24.3 Å². The molecule has 0 heterocycles. The maximum Gasteiger partial charge on any atom is 0.338 e. The number of carbonyl (C=O) groups is 3. The molecule has 0 aromatic heterocycles. The number of anilines is 1. The molecule has 0 aliphatic rings. The van der Waals surface area contributed by atoms with Gasteiger partial charge in [-0.3, -0.25) is 9.59 Å². The summed E-state index contributed by atoms with van der Waals surface area (Å²) < 4.78 is 4.87. The number of rotatable bonds is 5. The zero-order chi connectivity index (χ0) is 16.8. The molecule has 0 saturated heterocycles. The van der Waals surface area contributed by atoms with Crippen LogP contribution in [0.5, 0.6) is 0 Å². The van der Waals surface area contributed by atoms with E-state index in [4.69, 9.17) is 4.74 Å². The Hall–Kier alpha value is -2.37. The number of esters is 1. The summed E-state index contributed by atoms with van der Waals surface area (Å²) in [7, 11) is 0. The molecule has 0 saturated carbocycles. The molecule has 1 rings (SSSR count). The molecule has 22 heavy (non-hydrogen) atoms. The fourth-order valence-corrected chi connectivity index (χ4v) is 1.53. The lowest BCUT2D eigenvalue weighted by atomic mass is 9.96. The fourth-order valence-electron chi connectivity index (χ4n) is 1.53. The molecule has 2 N–H and O–H groups in total. The number of benzene rings is 1. The third-order valence-electron chi connectivity index (χ3n) is 2.77. The second-order valence-corrected chi connectivity index (χ2v) is 5.78. The van der Waals surface area contributed by atoms with Crippen LogP contribution in [-0.4, -0.2) is 30.9 Å². The average molecular weight is 306 g/mol. The molecule has 0 atom stereocenters. The Kier molecular flexibility index (Phi) is 6.10. The van der Waals surface area contributed by atoms with Crippen molar-refractivity contribution >= 4 is 23.5 Å². The van der Waals surface area contributed by atoms with Crippen LogP contribution in [0.25, 0.3) is 0 Å². The second kappa shape index (κ2) is 7.59. The Bertz CT molecular complexity index is 544. The highest BCUT2D eigenvalue weighted by atomic mass is 16.5. The fraction of sp³-hybridized carbons (Fsp3) is 0.438. The molecule has 6 heteroatoms. The Morgan fingerprint density at radius 3 is 2.18 bits per heavy atom. The van der Waals surface area contributed by atoms with Gasteiger partial charge in [0.1, 0.15) is 0 Å². The van der Waals surface area contributed by atoms with E-state index in [9.17, 15) is 14.4 Å². The van der Waals surface area contributed by atoms with Crippen LogP contribution in [-0.2, 0) is 14.3 Å². The maximum absolute atomic E-state index is 11.7. The van der Waals surface area contributed by atoms with E-state index in [1.54, 1.807) is 52.0 Å². The summed E-state index contributed by atoms with van der Waals surface area (Å²) in [4.78, 5) is 34.9. The second-order valence-electron chi connectivity index (χ2n) is 5.78. The van der Waals surface area contributed by atoms with E-state index in [0.717, 1.165) is 0 Å². The smallest absolute Gasteiger partial charge is 0.338 e. The molecule has 0 aliphatic carbocycles. The van der Waals surface area contributed by atoms with Gasteiger partial charge in [-0.15, -0.1) is 0 Å². The Balaban J connectivity index is 2.52. The molecule has 6 nitrogen and oxygen atoms in total. The molecule has 0 spiro atoms. The van der Waals surface area contributed by atoms with Gasteiger partial charge in [0, 0.05) is 11.1 Å². The minimum atomic E-state index is -0.540. The van der Waals surface area contributed by atoms with E-state index >= 15 is 0 Å². The SMILES string of the molecule is CCOC(=O)c1ccc(NC(=O)CNC(=O)C(C)(C)C)cc1. The molecule has 0 unspecified atom stereocenters. The van der Waals surface area contributed by atoms with Crippen molar-refractivity contribution in [2.75, 3.05) is 18.5 Å². The monoisotopic (exact) mass is 306 g/mol. The minimum absolute atomic E-state index is 0.101. The first-order chi connectivity index (χ1) is 10.2. The maximum atomic E-state index is 11.7. The first kappa shape index (κ1) is 17.7. The van der Waals surface area contributed by atoms with Crippen molar-refractivity contribution in [3.8, 4) is 0 Å². The summed E-state index contributed by atoms with van der Waals surface area (Å²) in [5, 5.41) is 5.20. The van der Waals surface area contributed by atoms with Gasteiger partial charge in [0.2, 0.25) is 11.8 Å². The summed E-state index contributed by atoms with van der Waals surface area (Å²) in [6.45, 7) is 7.26. The van der Waals surface area contributed by atoms with E-state index < -0.39 is 11.4 Å². The normalized spacial score (nSPS) is 10.7. The van der Waals surface area contributed by atoms with Gasteiger partial charge in [0.05, 0.1) is 18.7 Å². The van der Waals surface area contributed by atoms with Crippen LogP contribution in [0, 0.1) is 5.41 Å². The van der Waals surface area contributed by atoms with Gasteiger partial charge in [0.15, 0.2) is 0 Å². The number of ether oxygens (including phenoxy) is 1. The standard InChI is InChI=1S/C16H22N2O4/c1-5-22-14(20)11-6-8-12(9-7-11)18-13(19)10-17-15(21)16(2,3)4/h6-9H,5,10H2,1-4H3,(H,17,21)(H,18,19). The zero-order valence-corrected chi connectivity index (χ0v) is 13.4. The largest absolute Gasteiger partial charge is 0.462 e. The summed E-state index contributed by atoms with van der Waals surface area (Å²) in [6, 6.07) is 6.36. The van der Waals surface area contributed by atoms with Crippen molar-refractivity contribution < 1.29 is 19.1 Å². The van der Waals surface area contributed by atoms with Gasteiger partial charge >= 0.3 is 5.97 Å². The van der Waals surface area contributed by atoms with Gasteiger partial charge < -0.3 is 15.4 Å². The van der Waals surface area contributed by atoms with Crippen LogP contribution < -0.4 is 10.6 Å². The predicted molar refractivity (Wildman–Crippen MR) is 83.5 cm³/mol. The molecular weight excluding hydrogens is 284 g/mol. The number of hydrogen-bond donors (Lipinski definition) is 2. The van der Waals surface area contributed by atoms with E-state index in [-0.39, 0.29) is 18.4 Å². The van der Waals surface area contributed by atoms with E-state index in [1.165, 1.54) is 0 Å². The first-order valence-electron chi connectivity index (χ1n) is 7.09. The highest BCUT2D eigenvalue weighted by Gasteiger charge is 2.21. The molecule has 0 aliphatic heterocycles. The molecule has 2 amide bonds. The summed E-state index contributed by atoms with van der Waals surface area (Å²) in [5.41, 5.74) is 0.422. The van der Waals surface area contributed by atoms with Gasteiger partial charge in [-0.2, -0.15) is 0 Å². The van der Waals surface area contributed by atoms with Gasteiger partial charge in [-0.25, -0.2) is 4.79 Å². The van der Waals surface area contributed by atoms with E-state index in [0.29, 0.717) is 17.9 Å². The van der Waals surface area contributed by atoms with Gasteiger partial charge in [0.25, 0.3) is 0 Å². The van der Waals surface area contributed by atoms with Crippen LogP contribution in [0.2, 0.25) is 0 Å². The zero-order valence-electron chi connectivity index (χ0n) is 13.4. The van der Waals surface area contributed by atoms with Crippen molar-refractivity contribution in [1.29, 1.82) is 0 Å². The predicted octanol–water partition coefficient (Wildman–Crippen LogP) is 1.96. The lowest BCUT2D eigenvalue weighted by molar-refractivity contribution is -0.130. The van der Waals surface area contributed by atoms with Crippen LogP contribution >= 0.6 is 0 Å². The van der Waals surface area contributed by atoms with Crippen molar-refractivity contribution in [3.05, 3.63) is 29.8 Å². The van der Waals surface area contributed by atoms with Gasteiger partial charge in [-0.05, 0) is 31.2 Å². The highest BCUT2D eigenvalue weighted by Crippen LogP contribution is 2.12. The van der Waals surface area contributed by atoms with Crippen molar-refractivity contribution in [3.63, 3.8) is 0 Å². The highest BCUT2D eigenvalue weighted by molar-refractivity contribution is 5.96.